The maximum atomic E-state index is 12.8. The maximum absolute atomic E-state index is 12.8. The lowest BCUT2D eigenvalue weighted by Crippen LogP contribution is -2.43. The number of anilines is 3. The Bertz CT molecular complexity index is 955. The van der Waals surface area contributed by atoms with E-state index < -0.39 is 17.4 Å². The van der Waals surface area contributed by atoms with Crippen molar-refractivity contribution in [1.82, 2.24) is 0 Å². The molecule has 2 atom stereocenters. The molecule has 0 saturated carbocycles. The molecule has 152 valence electrons. The van der Waals surface area contributed by atoms with Gasteiger partial charge in [0.2, 0.25) is 0 Å². The number of hydrogen-bond donors (Lipinski definition) is 4. The SMILES string of the molecule is C[C@H](/C=C/CCO)[C@@]1(O)C(=O)N(C)c2ccc(NC(=O)c3ccc(N)cc3)cc21. The van der Waals surface area contributed by atoms with Crippen LogP contribution in [0.4, 0.5) is 17.1 Å². The number of nitrogens with zero attached hydrogens (tertiary/aromatic N) is 1. The molecule has 0 saturated heterocycles. The molecule has 2 aromatic rings. The first-order valence-electron chi connectivity index (χ1n) is 9.38. The first-order valence-corrected chi connectivity index (χ1v) is 9.38. The number of amides is 2. The fourth-order valence-electron chi connectivity index (χ4n) is 3.48. The van der Waals surface area contributed by atoms with Crippen LogP contribution in [0.15, 0.2) is 54.6 Å². The fraction of sp³-hybridized carbons (Fsp3) is 0.273. The molecular weight excluding hydrogens is 370 g/mol. The Kier molecular flexibility index (Phi) is 5.72. The summed E-state index contributed by atoms with van der Waals surface area (Å²) in [5.41, 5.74) is 6.40. The number of rotatable bonds is 6. The molecule has 1 aliphatic heterocycles. The van der Waals surface area contributed by atoms with Crippen LogP contribution in [0.5, 0.6) is 0 Å². The van der Waals surface area contributed by atoms with Crippen molar-refractivity contribution in [2.24, 2.45) is 5.92 Å². The van der Waals surface area contributed by atoms with Gasteiger partial charge in [0.05, 0.1) is 5.69 Å². The highest BCUT2D eigenvalue weighted by molar-refractivity contribution is 6.08. The van der Waals surface area contributed by atoms with Gasteiger partial charge in [0.25, 0.3) is 11.8 Å². The van der Waals surface area contributed by atoms with Gasteiger partial charge in [-0.05, 0) is 48.9 Å². The molecule has 2 amide bonds. The summed E-state index contributed by atoms with van der Waals surface area (Å²) >= 11 is 0. The van der Waals surface area contributed by atoms with Gasteiger partial charge in [-0.1, -0.05) is 19.1 Å². The molecule has 1 aliphatic rings. The zero-order valence-electron chi connectivity index (χ0n) is 16.4. The smallest absolute Gasteiger partial charge is 0.264 e. The molecule has 29 heavy (non-hydrogen) atoms. The van der Waals surface area contributed by atoms with Crippen molar-refractivity contribution >= 4 is 28.9 Å². The van der Waals surface area contributed by atoms with Crippen LogP contribution in [0.25, 0.3) is 0 Å². The molecular formula is C22H25N3O4. The number of nitrogens with one attached hydrogen (secondary N) is 1. The first-order chi connectivity index (χ1) is 13.8. The van der Waals surface area contributed by atoms with Crippen LogP contribution in [0.3, 0.4) is 0 Å². The minimum absolute atomic E-state index is 0.00655. The summed E-state index contributed by atoms with van der Waals surface area (Å²) in [6.07, 6.45) is 3.90. The second kappa shape index (κ2) is 8.06. The summed E-state index contributed by atoms with van der Waals surface area (Å²) in [5.74, 6) is -1.27. The van der Waals surface area contributed by atoms with E-state index in [1.165, 1.54) is 4.90 Å². The lowest BCUT2D eigenvalue weighted by Gasteiger charge is -2.27. The molecule has 3 rings (SSSR count). The Hall–Kier alpha value is -3.16. The molecule has 0 aromatic heterocycles. The number of carbonyl (C=O) groups excluding carboxylic acids is 2. The maximum Gasteiger partial charge on any atom is 0.264 e. The van der Waals surface area contributed by atoms with Crippen molar-refractivity contribution in [3.8, 4) is 0 Å². The Morgan fingerprint density at radius 1 is 1.28 bits per heavy atom. The Balaban J connectivity index is 1.92. The predicted molar refractivity (Wildman–Crippen MR) is 113 cm³/mol. The van der Waals surface area contributed by atoms with Gasteiger partial charge in [0, 0.05) is 42.1 Å². The molecule has 5 N–H and O–H groups in total. The molecule has 0 spiro atoms. The van der Waals surface area contributed by atoms with E-state index in [1.54, 1.807) is 68.6 Å². The lowest BCUT2D eigenvalue weighted by molar-refractivity contribution is -0.139. The van der Waals surface area contributed by atoms with E-state index in [0.29, 0.717) is 34.6 Å². The first kappa shape index (κ1) is 20.6. The Morgan fingerprint density at radius 2 is 1.97 bits per heavy atom. The highest BCUT2D eigenvalue weighted by Gasteiger charge is 2.51. The van der Waals surface area contributed by atoms with Crippen LogP contribution < -0.4 is 16.0 Å². The van der Waals surface area contributed by atoms with Gasteiger partial charge in [-0.2, -0.15) is 0 Å². The minimum atomic E-state index is -1.75. The zero-order valence-corrected chi connectivity index (χ0v) is 16.4. The van der Waals surface area contributed by atoms with Gasteiger partial charge in [-0.15, -0.1) is 0 Å². The molecule has 0 fully saturated rings. The van der Waals surface area contributed by atoms with Crippen LogP contribution in [-0.4, -0.2) is 35.7 Å². The molecule has 7 nitrogen and oxygen atoms in total. The standard InChI is InChI=1S/C22H25N3O4/c1-14(5-3-4-12-26)22(29)18-13-17(10-11-19(18)25(2)21(22)28)24-20(27)15-6-8-16(23)9-7-15/h3,5-11,13-14,26,29H,4,12,23H2,1-2H3,(H,24,27)/b5-3+/t14-,22+/m1/s1. The predicted octanol–water partition coefficient (Wildman–Crippen LogP) is 2.26. The van der Waals surface area contributed by atoms with Gasteiger partial charge >= 0.3 is 0 Å². The Morgan fingerprint density at radius 3 is 2.62 bits per heavy atom. The molecule has 0 radical (unpaired) electrons. The average Bonchev–Trinajstić information content (AvgIpc) is 2.90. The molecule has 2 aromatic carbocycles. The van der Waals surface area contributed by atoms with Crippen molar-refractivity contribution in [1.29, 1.82) is 0 Å². The number of aliphatic hydroxyl groups is 2. The van der Waals surface area contributed by atoms with E-state index in [1.807, 2.05) is 0 Å². The van der Waals surface area contributed by atoms with E-state index in [2.05, 4.69) is 5.32 Å². The molecule has 7 heteroatoms. The topological polar surface area (TPSA) is 116 Å². The summed E-state index contributed by atoms with van der Waals surface area (Å²) in [6.45, 7) is 1.74. The number of hydrogen-bond acceptors (Lipinski definition) is 5. The molecule has 0 unspecified atom stereocenters. The van der Waals surface area contributed by atoms with Gasteiger partial charge in [-0.3, -0.25) is 9.59 Å². The summed E-state index contributed by atoms with van der Waals surface area (Å²) < 4.78 is 0. The number of likely N-dealkylation sites (N-methyl/N-ethyl adjacent to an activating group) is 1. The summed E-state index contributed by atoms with van der Waals surface area (Å²) in [4.78, 5) is 26.7. The monoisotopic (exact) mass is 395 g/mol. The second-order valence-electron chi connectivity index (χ2n) is 7.17. The third kappa shape index (κ3) is 3.74. The van der Waals surface area contributed by atoms with Gasteiger partial charge in [0.15, 0.2) is 5.60 Å². The summed E-state index contributed by atoms with van der Waals surface area (Å²) in [7, 11) is 1.61. The van der Waals surface area contributed by atoms with Crippen molar-refractivity contribution in [2.45, 2.75) is 18.9 Å². The zero-order chi connectivity index (χ0) is 21.2. The van der Waals surface area contributed by atoms with Crippen molar-refractivity contribution in [3.05, 3.63) is 65.7 Å². The summed E-state index contributed by atoms with van der Waals surface area (Å²) in [6, 6.07) is 11.6. The van der Waals surface area contributed by atoms with Crippen LogP contribution in [-0.2, 0) is 10.4 Å². The number of nitrogen functional groups attached to an aromatic ring is 1. The quantitative estimate of drug-likeness (QED) is 0.442. The lowest BCUT2D eigenvalue weighted by atomic mass is 9.82. The van der Waals surface area contributed by atoms with E-state index in [-0.39, 0.29) is 12.5 Å². The highest BCUT2D eigenvalue weighted by Crippen LogP contribution is 2.45. The van der Waals surface area contributed by atoms with E-state index in [0.717, 1.165) is 0 Å². The van der Waals surface area contributed by atoms with Crippen LogP contribution in [0.1, 0.15) is 29.3 Å². The third-order valence-electron chi connectivity index (χ3n) is 5.21. The number of nitrogens with two attached hydrogens (primary N) is 1. The van der Waals surface area contributed by atoms with Crippen LogP contribution >= 0.6 is 0 Å². The summed E-state index contributed by atoms with van der Waals surface area (Å²) in [5, 5.41) is 23.1. The number of benzene rings is 2. The second-order valence-corrected chi connectivity index (χ2v) is 7.17. The number of carbonyl (C=O) groups is 2. The molecule has 0 bridgehead atoms. The van der Waals surface area contributed by atoms with E-state index in [9.17, 15) is 14.7 Å². The third-order valence-corrected chi connectivity index (χ3v) is 5.21. The van der Waals surface area contributed by atoms with Gasteiger partial charge in [0.1, 0.15) is 0 Å². The normalized spacial score (nSPS) is 19.4. The Labute approximate surface area is 169 Å². The average molecular weight is 395 g/mol. The van der Waals surface area contributed by atoms with Crippen molar-refractivity contribution in [2.75, 3.05) is 29.6 Å². The number of fused-ring (bicyclic) bond motifs is 1. The van der Waals surface area contributed by atoms with E-state index in [4.69, 9.17) is 10.8 Å². The highest BCUT2D eigenvalue weighted by atomic mass is 16.3. The van der Waals surface area contributed by atoms with Gasteiger partial charge < -0.3 is 26.2 Å². The van der Waals surface area contributed by atoms with Crippen molar-refractivity contribution < 1.29 is 19.8 Å². The molecule has 1 heterocycles. The molecule has 0 aliphatic carbocycles. The fourth-order valence-corrected chi connectivity index (χ4v) is 3.48. The van der Waals surface area contributed by atoms with E-state index >= 15 is 0 Å². The van der Waals surface area contributed by atoms with Crippen LogP contribution in [0.2, 0.25) is 0 Å². The minimum Gasteiger partial charge on any atom is -0.399 e. The van der Waals surface area contributed by atoms with Crippen LogP contribution in [0, 0.1) is 5.92 Å². The van der Waals surface area contributed by atoms with Gasteiger partial charge in [-0.25, -0.2) is 0 Å². The van der Waals surface area contributed by atoms with Crippen molar-refractivity contribution in [3.63, 3.8) is 0 Å². The number of aliphatic hydroxyl groups excluding tert-OH is 1. The largest absolute Gasteiger partial charge is 0.399 e.